The van der Waals surface area contributed by atoms with Crippen molar-refractivity contribution in [1.82, 2.24) is 9.62 Å². The van der Waals surface area contributed by atoms with Crippen molar-refractivity contribution in [2.75, 3.05) is 0 Å². The maximum absolute atomic E-state index is 13.5. The molecule has 37 heavy (non-hydrogen) atoms. The number of phenolic OH excluding ortho intramolecular Hbond substituents is 1. The lowest BCUT2D eigenvalue weighted by atomic mass is 9.83. The molecule has 0 bridgehead atoms. The van der Waals surface area contributed by atoms with Gasteiger partial charge in [0.05, 0.1) is 22.3 Å². The van der Waals surface area contributed by atoms with E-state index in [2.05, 4.69) is 4.72 Å². The summed E-state index contributed by atoms with van der Waals surface area (Å²) in [7, 11) is -4.43. The summed E-state index contributed by atoms with van der Waals surface area (Å²) in [5.41, 5.74) is -0.354. The van der Waals surface area contributed by atoms with E-state index in [0.717, 1.165) is 29.2 Å². The van der Waals surface area contributed by atoms with Crippen molar-refractivity contribution in [2.24, 2.45) is 0 Å². The normalized spacial score (nSPS) is 19.3. The molecular weight excluding hydrogens is 516 g/mol. The summed E-state index contributed by atoms with van der Waals surface area (Å²) in [6, 6.07) is 13.2. The lowest BCUT2D eigenvalue weighted by Gasteiger charge is -2.24. The number of carbonyl (C=O) groups excluding carboxylic acids is 2. The summed E-state index contributed by atoms with van der Waals surface area (Å²) in [5, 5.41) is 9.63. The molecule has 7 nitrogen and oxygen atoms in total. The molecule has 3 aromatic rings. The number of halogens is 4. The fourth-order valence-electron chi connectivity index (χ4n) is 4.27. The molecule has 0 radical (unpaired) electrons. The Morgan fingerprint density at radius 2 is 1.30 bits per heavy atom. The van der Waals surface area contributed by atoms with Crippen LogP contribution in [0.4, 0.5) is 17.6 Å². The third-order valence-electron chi connectivity index (χ3n) is 6.03. The summed E-state index contributed by atoms with van der Waals surface area (Å²) in [6.07, 6.45) is -6.06. The van der Waals surface area contributed by atoms with Gasteiger partial charge in [0, 0.05) is 0 Å². The van der Waals surface area contributed by atoms with Gasteiger partial charge < -0.3 is 5.11 Å². The van der Waals surface area contributed by atoms with Gasteiger partial charge in [-0.15, -0.1) is 0 Å². The Labute approximate surface area is 209 Å². The zero-order valence-corrected chi connectivity index (χ0v) is 19.9. The average Bonchev–Trinajstić information content (AvgIpc) is 3.09. The van der Waals surface area contributed by atoms with Gasteiger partial charge in [-0.05, 0) is 66.6 Å². The van der Waals surface area contributed by atoms with E-state index in [1.54, 1.807) is 0 Å². The lowest BCUT2D eigenvalue weighted by molar-refractivity contribution is -0.141. The summed E-state index contributed by atoms with van der Waals surface area (Å²) in [5.74, 6) is -4.35. The van der Waals surface area contributed by atoms with Crippen LogP contribution < -0.4 is 4.72 Å². The van der Waals surface area contributed by atoms with E-state index >= 15 is 0 Å². The molecule has 1 aliphatic rings. The number of rotatable bonds is 6. The second-order valence-corrected chi connectivity index (χ2v) is 10.2. The Kier molecular flexibility index (Phi) is 6.82. The molecule has 0 saturated carbocycles. The van der Waals surface area contributed by atoms with Crippen LogP contribution in [-0.4, -0.2) is 36.4 Å². The topological polar surface area (TPSA) is 104 Å². The minimum absolute atomic E-state index is 0.0756. The van der Waals surface area contributed by atoms with Crippen molar-refractivity contribution in [3.8, 4) is 5.75 Å². The molecule has 4 rings (SSSR count). The minimum atomic E-state index is -4.66. The third-order valence-corrected chi connectivity index (χ3v) is 7.57. The SMILES string of the molecule is CC(NS(=O)(=O)c1ccc(C(F)(F)F)cc1)N1C(=O)C(c2ccc(O)cc2)C(c2ccc(F)cc2)C1=O. The van der Waals surface area contributed by atoms with Crippen LogP contribution in [0.25, 0.3) is 0 Å². The van der Waals surface area contributed by atoms with Gasteiger partial charge in [0.25, 0.3) is 0 Å². The zero-order chi connectivity index (χ0) is 27.1. The van der Waals surface area contributed by atoms with Crippen LogP contribution in [0, 0.1) is 5.82 Å². The number of nitrogens with one attached hydrogen (secondary N) is 1. The largest absolute Gasteiger partial charge is 0.508 e. The first kappa shape index (κ1) is 26.3. The molecule has 194 valence electrons. The lowest BCUT2D eigenvalue weighted by Crippen LogP contribution is -2.49. The average molecular weight is 537 g/mol. The first-order valence-corrected chi connectivity index (χ1v) is 12.4. The number of nitrogens with zero attached hydrogens (tertiary/aromatic N) is 1. The molecule has 2 amide bonds. The number of benzene rings is 3. The Balaban J connectivity index is 1.66. The Hall–Kier alpha value is -3.77. The van der Waals surface area contributed by atoms with Crippen molar-refractivity contribution in [3.63, 3.8) is 0 Å². The van der Waals surface area contributed by atoms with Gasteiger partial charge in [0.15, 0.2) is 0 Å². The molecule has 1 aliphatic heterocycles. The van der Waals surface area contributed by atoms with Gasteiger partial charge >= 0.3 is 6.18 Å². The fraction of sp³-hybridized carbons (Fsp3) is 0.200. The van der Waals surface area contributed by atoms with Crippen LogP contribution in [0.5, 0.6) is 5.75 Å². The van der Waals surface area contributed by atoms with E-state index in [1.165, 1.54) is 43.3 Å². The zero-order valence-electron chi connectivity index (χ0n) is 19.1. The molecule has 12 heteroatoms. The van der Waals surface area contributed by atoms with Crippen molar-refractivity contribution in [1.29, 1.82) is 0 Å². The smallest absolute Gasteiger partial charge is 0.416 e. The van der Waals surface area contributed by atoms with Crippen LogP contribution in [0.15, 0.2) is 77.7 Å². The van der Waals surface area contributed by atoms with Crippen molar-refractivity contribution in [2.45, 2.75) is 36.0 Å². The Bertz CT molecular complexity index is 1360. The first-order chi connectivity index (χ1) is 17.3. The second-order valence-electron chi connectivity index (χ2n) is 8.46. The van der Waals surface area contributed by atoms with Crippen molar-refractivity contribution < 1.29 is 40.7 Å². The van der Waals surface area contributed by atoms with E-state index in [4.69, 9.17) is 0 Å². The van der Waals surface area contributed by atoms with Crippen molar-refractivity contribution >= 4 is 21.8 Å². The highest BCUT2D eigenvalue weighted by Crippen LogP contribution is 2.43. The van der Waals surface area contributed by atoms with Crippen LogP contribution in [-0.2, 0) is 25.8 Å². The number of hydrogen-bond acceptors (Lipinski definition) is 5. The number of hydrogen-bond donors (Lipinski definition) is 2. The number of imide groups is 1. The molecule has 1 fully saturated rings. The van der Waals surface area contributed by atoms with Gasteiger partial charge in [-0.1, -0.05) is 24.3 Å². The maximum atomic E-state index is 13.5. The summed E-state index contributed by atoms with van der Waals surface area (Å²) < 4.78 is 79.9. The number of sulfonamides is 1. The summed E-state index contributed by atoms with van der Waals surface area (Å²) in [4.78, 5) is 27.2. The molecule has 3 aromatic carbocycles. The van der Waals surface area contributed by atoms with Gasteiger partial charge in [-0.2, -0.15) is 17.9 Å². The van der Waals surface area contributed by atoms with Crippen LogP contribution in [0.2, 0.25) is 0 Å². The molecule has 3 atom stereocenters. The summed E-state index contributed by atoms with van der Waals surface area (Å²) >= 11 is 0. The van der Waals surface area contributed by atoms with Crippen LogP contribution in [0.3, 0.4) is 0 Å². The Morgan fingerprint density at radius 3 is 1.76 bits per heavy atom. The molecule has 1 heterocycles. The van der Waals surface area contributed by atoms with E-state index in [-0.39, 0.29) is 5.75 Å². The van der Waals surface area contributed by atoms with Crippen molar-refractivity contribution in [3.05, 3.63) is 95.3 Å². The standard InChI is InChI=1S/C25H20F4N2O5S/c1-14(30-37(35,36)20-12-6-17(7-13-20)25(27,28)29)31-23(33)21(15-2-8-18(26)9-3-15)22(24(31)34)16-4-10-19(32)11-5-16/h2-14,21-22,30,32H,1H3. The number of alkyl halides is 3. The highest BCUT2D eigenvalue weighted by atomic mass is 32.2. The van der Waals surface area contributed by atoms with Gasteiger partial charge in [-0.25, -0.2) is 12.8 Å². The second kappa shape index (κ2) is 9.60. The first-order valence-electron chi connectivity index (χ1n) is 10.9. The Morgan fingerprint density at radius 1 is 0.838 bits per heavy atom. The van der Waals surface area contributed by atoms with E-state index in [1.807, 2.05) is 0 Å². The molecule has 0 spiro atoms. The van der Waals surface area contributed by atoms with E-state index in [0.29, 0.717) is 23.3 Å². The molecule has 2 N–H and O–H groups in total. The maximum Gasteiger partial charge on any atom is 0.416 e. The molecule has 0 aliphatic carbocycles. The van der Waals surface area contributed by atoms with E-state index in [9.17, 15) is 40.7 Å². The fourth-order valence-corrected chi connectivity index (χ4v) is 5.45. The number of amides is 2. The van der Waals surface area contributed by atoms with Gasteiger partial charge in [-0.3, -0.25) is 14.5 Å². The predicted octanol–water partition coefficient (Wildman–Crippen LogP) is 4.11. The third kappa shape index (κ3) is 5.20. The van der Waals surface area contributed by atoms with E-state index < -0.39 is 62.3 Å². The van der Waals surface area contributed by atoms with Gasteiger partial charge in [0.1, 0.15) is 17.7 Å². The number of carbonyl (C=O) groups is 2. The quantitative estimate of drug-likeness (QED) is 0.365. The number of aromatic hydroxyl groups is 1. The highest BCUT2D eigenvalue weighted by molar-refractivity contribution is 7.89. The minimum Gasteiger partial charge on any atom is -0.508 e. The monoisotopic (exact) mass is 536 g/mol. The number of likely N-dealkylation sites (tertiary alicyclic amines) is 1. The van der Waals surface area contributed by atoms with Gasteiger partial charge in [0.2, 0.25) is 21.8 Å². The molecule has 3 unspecified atom stereocenters. The predicted molar refractivity (Wildman–Crippen MR) is 123 cm³/mol. The summed E-state index contributed by atoms with van der Waals surface area (Å²) in [6.45, 7) is 1.25. The number of phenols is 1. The molecular formula is C25H20F4N2O5S. The van der Waals surface area contributed by atoms with Crippen LogP contribution in [0.1, 0.15) is 35.4 Å². The molecule has 1 saturated heterocycles. The highest BCUT2D eigenvalue weighted by Gasteiger charge is 2.51. The molecule has 0 aromatic heterocycles. The van der Waals surface area contributed by atoms with Crippen LogP contribution >= 0.6 is 0 Å².